The van der Waals surface area contributed by atoms with Crippen LogP contribution in [0, 0.1) is 0 Å². The predicted octanol–water partition coefficient (Wildman–Crippen LogP) is 3.07. The second-order valence-corrected chi connectivity index (χ2v) is 7.29. The molecule has 0 fully saturated rings. The van der Waals surface area contributed by atoms with E-state index in [-0.39, 0.29) is 0 Å². The number of carbonyl (C=O) groups excluding carboxylic acids is 2. The number of anilines is 1. The lowest BCUT2D eigenvalue weighted by molar-refractivity contribution is -0.118. The van der Waals surface area contributed by atoms with Gasteiger partial charge < -0.3 is 15.4 Å². The molecule has 0 radical (unpaired) electrons. The van der Waals surface area contributed by atoms with Crippen molar-refractivity contribution in [2.45, 2.75) is 32.4 Å². The Morgan fingerprint density at radius 2 is 1.72 bits per heavy atom. The Morgan fingerprint density at radius 1 is 1.03 bits per heavy atom. The molecule has 1 atom stereocenters. The second kappa shape index (κ2) is 8.51. The van der Waals surface area contributed by atoms with Gasteiger partial charge in [-0.1, -0.05) is 30.3 Å². The molecule has 0 bridgehead atoms. The summed E-state index contributed by atoms with van der Waals surface area (Å²) in [6.07, 6.45) is -0.672. The van der Waals surface area contributed by atoms with Gasteiger partial charge in [0.25, 0.3) is 5.91 Å². The summed E-state index contributed by atoms with van der Waals surface area (Å²) in [6.45, 7) is 5.28. The molecule has 0 aliphatic rings. The van der Waals surface area contributed by atoms with E-state index in [2.05, 4.69) is 31.3 Å². The summed E-state index contributed by atoms with van der Waals surface area (Å²) in [6, 6.07) is 15.0. The number of nitrogens with zero attached hydrogens (tertiary/aromatic N) is 3. The summed E-state index contributed by atoms with van der Waals surface area (Å²) in [5.41, 5.74) is 1.28. The number of carbonyl (C=O) groups is 2. The maximum Gasteiger partial charge on any atom is 0.408 e. The molecule has 29 heavy (non-hydrogen) atoms. The van der Waals surface area contributed by atoms with Gasteiger partial charge in [-0.3, -0.25) is 4.79 Å². The Kier molecular flexibility index (Phi) is 5.87. The first-order valence-corrected chi connectivity index (χ1v) is 9.01. The highest BCUT2D eigenvalue weighted by molar-refractivity contribution is 5.97. The van der Waals surface area contributed by atoms with Crippen LogP contribution in [-0.4, -0.2) is 38.2 Å². The SMILES string of the molecule is CC(C)(C)OC(=O)N[C@H](C(=O)Nc1ccc(-c2nn[nH]n2)cc1)c1ccccc1. The van der Waals surface area contributed by atoms with E-state index in [0.717, 1.165) is 5.56 Å². The van der Waals surface area contributed by atoms with Crippen molar-refractivity contribution in [3.63, 3.8) is 0 Å². The number of alkyl carbamates (subject to hydrolysis) is 1. The molecule has 150 valence electrons. The van der Waals surface area contributed by atoms with E-state index in [4.69, 9.17) is 4.74 Å². The van der Waals surface area contributed by atoms with Crippen molar-refractivity contribution in [2.24, 2.45) is 0 Å². The lowest BCUT2D eigenvalue weighted by Gasteiger charge is -2.23. The van der Waals surface area contributed by atoms with Gasteiger partial charge in [-0.05, 0) is 55.8 Å². The third kappa shape index (κ3) is 5.61. The Morgan fingerprint density at radius 3 is 2.31 bits per heavy atom. The largest absolute Gasteiger partial charge is 0.444 e. The maximum absolute atomic E-state index is 12.9. The summed E-state index contributed by atoms with van der Waals surface area (Å²) in [7, 11) is 0. The van der Waals surface area contributed by atoms with Gasteiger partial charge in [0.05, 0.1) is 0 Å². The zero-order valence-electron chi connectivity index (χ0n) is 16.3. The van der Waals surface area contributed by atoms with E-state index in [9.17, 15) is 9.59 Å². The molecule has 2 aromatic carbocycles. The monoisotopic (exact) mass is 394 g/mol. The molecule has 9 heteroatoms. The highest BCUT2D eigenvalue weighted by atomic mass is 16.6. The Balaban J connectivity index is 1.75. The van der Waals surface area contributed by atoms with Crippen LogP contribution in [0.15, 0.2) is 54.6 Å². The van der Waals surface area contributed by atoms with Crippen LogP contribution in [0.25, 0.3) is 11.4 Å². The Bertz CT molecular complexity index is 950. The van der Waals surface area contributed by atoms with Crippen molar-refractivity contribution in [1.82, 2.24) is 25.9 Å². The standard InChI is InChI=1S/C20H22N6O3/c1-20(2,3)29-19(28)22-16(13-7-5-4-6-8-13)18(27)21-15-11-9-14(10-12-15)17-23-25-26-24-17/h4-12,16H,1-3H3,(H,21,27)(H,22,28)(H,23,24,25,26)/t16-/m0/s1. The van der Waals surface area contributed by atoms with E-state index in [1.807, 2.05) is 6.07 Å². The third-order valence-corrected chi connectivity index (χ3v) is 3.81. The Hall–Kier alpha value is -3.75. The van der Waals surface area contributed by atoms with Crippen LogP contribution in [-0.2, 0) is 9.53 Å². The highest BCUT2D eigenvalue weighted by Gasteiger charge is 2.26. The number of nitrogens with one attached hydrogen (secondary N) is 3. The van der Waals surface area contributed by atoms with E-state index in [0.29, 0.717) is 17.1 Å². The van der Waals surface area contributed by atoms with Crippen LogP contribution >= 0.6 is 0 Å². The number of aromatic nitrogens is 4. The number of H-pyrrole nitrogens is 1. The number of hydrogen-bond acceptors (Lipinski definition) is 6. The van der Waals surface area contributed by atoms with E-state index in [1.54, 1.807) is 69.3 Å². The first-order chi connectivity index (χ1) is 13.8. The molecule has 0 aliphatic heterocycles. The fraction of sp³-hybridized carbons (Fsp3) is 0.250. The molecular formula is C20H22N6O3. The van der Waals surface area contributed by atoms with Gasteiger partial charge in [0.15, 0.2) is 0 Å². The average Bonchev–Trinajstić information content (AvgIpc) is 3.21. The summed E-state index contributed by atoms with van der Waals surface area (Å²) in [5.74, 6) is 0.0611. The smallest absolute Gasteiger partial charge is 0.408 e. The fourth-order valence-corrected chi connectivity index (χ4v) is 2.57. The normalized spacial score (nSPS) is 12.1. The molecule has 0 saturated carbocycles. The Labute approximate surface area is 167 Å². The van der Waals surface area contributed by atoms with E-state index < -0.39 is 23.6 Å². The van der Waals surface area contributed by atoms with Crippen LogP contribution in [0.5, 0.6) is 0 Å². The van der Waals surface area contributed by atoms with Crippen LogP contribution in [0.3, 0.4) is 0 Å². The first-order valence-electron chi connectivity index (χ1n) is 9.01. The molecule has 9 nitrogen and oxygen atoms in total. The molecule has 3 rings (SSSR count). The summed E-state index contributed by atoms with van der Waals surface area (Å²) < 4.78 is 5.29. The minimum Gasteiger partial charge on any atom is -0.444 e. The van der Waals surface area contributed by atoms with Crippen molar-refractivity contribution in [2.75, 3.05) is 5.32 Å². The van der Waals surface area contributed by atoms with Gasteiger partial charge >= 0.3 is 6.09 Å². The lowest BCUT2D eigenvalue weighted by Crippen LogP contribution is -2.40. The molecule has 1 heterocycles. The number of rotatable bonds is 5. The quantitative estimate of drug-likeness (QED) is 0.611. The van der Waals surface area contributed by atoms with Gasteiger partial charge in [-0.25, -0.2) is 4.79 Å². The van der Waals surface area contributed by atoms with Gasteiger partial charge in [-0.15, -0.1) is 10.2 Å². The third-order valence-electron chi connectivity index (χ3n) is 3.81. The van der Waals surface area contributed by atoms with Crippen LogP contribution < -0.4 is 10.6 Å². The van der Waals surface area contributed by atoms with Crippen LogP contribution in [0.4, 0.5) is 10.5 Å². The number of benzene rings is 2. The predicted molar refractivity (Wildman–Crippen MR) is 107 cm³/mol. The molecule has 1 aromatic heterocycles. The molecule has 0 saturated heterocycles. The highest BCUT2D eigenvalue weighted by Crippen LogP contribution is 2.20. The number of amides is 2. The van der Waals surface area contributed by atoms with E-state index in [1.165, 1.54) is 0 Å². The van der Waals surface area contributed by atoms with E-state index >= 15 is 0 Å². The van der Waals surface area contributed by atoms with Gasteiger partial charge in [-0.2, -0.15) is 5.21 Å². The molecule has 0 unspecified atom stereocenters. The number of hydrogen-bond donors (Lipinski definition) is 3. The molecule has 2 amide bonds. The topological polar surface area (TPSA) is 122 Å². The van der Waals surface area contributed by atoms with Crippen LogP contribution in [0.2, 0.25) is 0 Å². The van der Waals surface area contributed by atoms with Crippen LogP contribution in [0.1, 0.15) is 32.4 Å². The number of ether oxygens (including phenoxy) is 1. The summed E-state index contributed by atoms with van der Waals surface area (Å²) >= 11 is 0. The molecule has 0 aliphatic carbocycles. The molecule has 3 aromatic rings. The van der Waals surface area contributed by atoms with Crippen molar-refractivity contribution in [3.8, 4) is 11.4 Å². The minimum absolute atomic E-state index is 0.394. The molecular weight excluding hydrogens is 372 g/mol. The van der Waals surface area contributed by atoms with Gasteiger partial charge in [0, 0.05) is 11.3 Å². The molecule has 0 spiro atoms. The fourth-order valence-electron chi connectivity index (χ4n) is 2.57. The number of tetrazole rings is 1. The summed E-state index contributed by atoms with van der Waals surface area (Å²) in [5, 5.41) is 19.2. The summed E-state index contributed by atoms with van der Waals surface area (Å²) in [4.78, 5) is 25.1. The minimum atomic E-state index is -0.914. The van der Waals surface area contributed by atoms with Crippen molar-refractivity contribution < 1.29 is 14.3 Å². The zero-order chi connectivity index (χ0) is 20.9. The van der Waals surface area contributed by atoms with Crippen molar-refractivity contribution >= 4 is 17.7 Å². The van der Waals surface area contributed by atoms with Gasteiger partial charge in [0.1, 0.15) is 11.6 Å². The van der Waals surface area contributed by atoms with Crippen molar-refractivity contribution in [3.05, 3.63) is 60.2 Å². The maximum atomic E-state index is 12.9. The number of aromatic amines is 1. The first kappa shape index (κ1) is 20.0. The van der Waals surface area contributed by atoms with Gasteiger partial charge in [0.2, 0.25) is 5.82 Å². The average molecular weight is 394 g/mol. The second-order valence-electron chi connectivity index (χ2n) is 7.29. The zero-order valence-corrected chi connectivity index (χ0v) is 16.3. The molecule has 3 N–H and O–H groups in total. The lowest BCUT2D eigenvalue weighted by atomic mass is 10.1. The van der Waals surface area contributed by atoms with Crippen molar-refractivity contribution in [1.29, 1.82) is 0 Å².